The van der Waals surface area contributed by atoms with Gasteiger partial charge in [-0.2, -0.15) is 0 Å². The van der Waals surface area contributed by atoms with Gasteiger partial charge in [-0.05, 0) is 37.1 Å². The van der Waals surface area contributed by atoms with Crippen LogP contribution in [-0.2, 0) is 9.53 Å². The van der Waals surface area contributed by atoms with Crippen LogP contribution in [0, 0.1) is 12.8 Å². The van der Waals surface area contributed by atoms with Crippen LogP contribution in [0.1, 0.15) is 12.0 Å². The number of methoxy groups -OCH3 is 1. The number of hydrogen-bond donors (Lipinski definition) is 0. The summed E-state index contributed by atoms with van der Waals surface area (Å²) in [7, 11) is 1.45. The number of aryl methyl sites for hydroxylation is 1. The minimum atomic E-state index is -0.0960. The number of carbonyl (C=O) groups excluding carboxylic acids is 1. The number of benzene rings is 1. The monoisotopic (exact) mass is 297 g/mol. The normalized spacial score (nSPS) is 19.5. The summed E-state index contributed by atoms with van der Waals surface area (Å²) in [6, 6.07) is 6.27. The Balaban J connectivity index is 2.10. The molecule has 1 aromatic rings. The largest absolute Gasteiger partial charge is 0.469 e. The molecule has 4 heteroatoms. The fourth-order valence-electron chi connectivity index (χ4n) is 2.18. The molecule has 17 heavy (non-hydrogen) atoms. The lowest BCUT2D eigenvalue weighted by atomic mass is 10.1. The maximum Gasteiger partial charge on any atom is 0.310 e. The lowest BCUT2D eigenvalue weighted by Crippen LogP contribution is -2.23. The third-order valence-corrected chi connectivity index (χ3v) is 4.12. The van der Waals surface area contributed by atoms with Crippen LogP contribution < -0.4 is 4.90 Å². The van der Waals surface area contributed by atoms with Crippen LogP contribution in [0.5, 0.6) is 0 Å². The summed E-state index contributed by atoms with van der Waals surface area (Å²) >= 11 is 3.49. The maximum absolute atomic E-state index is 11.5. The van der Waals surface area contributed by atoms with E-state index >= 15 is 0 Å². The van der Waals surface area contributed by atoms with Crippen LogP contribution in [0.4, 0.5) is 5.69 Å². The van der Waals surface area contributed by atoms with Crippen LogP contribution in [0.15, 0.2) is 22.7 Å². The van der Waals surface area contributed by atoms with E-state index in [2.05, 4.69) is 46.0 Å². The molecule has 0 amide bonds. The second-order valence-electron chi connectivity index (χ2n) is 4.39. The van der Waals surface area contributed by atoms with Gasteiger partial charge in [-0.25, -0.2) is 0 Å². The van der Waals surface area contributed by atoms with E-state index in [9.17, 15) is 4.79 Å². The quantitative estimate of drug-likeness (QED) is 0.786. The van der Waals surface area contributed by atoms with Gasteiger partial charge in [0.2, 0.25) is 0 Å². The Kier molecular flexibility index (Phi) is 3.72. The lowest BCUT2D eigenvalue weighted by molar-refractivity contribution is -0.144. The third kappa shape index (κ3) is 2.63. The van der Waals surface area contributed by atoms with Crippen molar-refractivity contribution in [2.24, 2.45) is 5.92 Å². The highest BCUT2D eigenvalue weighted by Gasteiger charge is 2.29. The zero-order valence-electron chi connectivity index (χ0n) is 10.1. The van der Waals surface area contributed by atoms with Crippen molar-refractivity contribution >= 4 is 27.6 Å². The zero-order valence-corrected chi connectivity index (χ0v) is 11.7. The fourth-order valence-corrected chi connectivity index (χ4v) is 2.43. The maximum atomic E-state index is 11.5. The molecule has 0 saturated carbocycles. The first-order valence-corrected chi connectivity index (χ1v) is 6.50. The van der Waals surface area contributed by atoms with E-state index in [1.54, 1.807) is 0 Å². The van der Waals surface area contributed by atoms with Crippen molar-refractivity contribution in [1.82, 2.24) is 0 Å². The minimum Gasteiger partial charge on any atom is -0.469 e. The summed E-state index contributed by atoms with van der Waals surface area (Å²) in [6.45, 7) is 3.75. The van der Waals surface area contributed by atoms with Gasteiger partial charge >= 0.3 is 5.97 Å². The van der Waals surface area contributed by atoms with Crippen LogP contribution in [0.2, 0.25) is 0 Å². The number of esters is 1. The van der Waals surface area contributed by atoms with Gasteiger partial charge in [0.05, 0.1) is 13.0 Å². The Hall–Kier alpha value is -1.03. The van der Waals surface area contributed by atoms with Crippen molar-refractivity contribution in [2.45, 2.75) is 13.3 Å². The predicted molar refractivity (Wildman–Crippen MR) is 71.2 cm³/mol. The van der Waals surface area contributed by atoms with Crippen molar-refractivity contribution in [2.75, 3.05) is 25.1 Å². The molecule has 1 aliphatic rings. The average molecular weight is 298 g/mol. The van der Waals surface area contributed by atoms with Crippen molar-refractivity contribution < 1.29 is 9.53 Å². The van der Waals surface area contributed by atoms with Crippen molar-refractivity contribution in [3.63, 3.8) is 0 Å². The highest BCUT2D eigenvalue weighted by atomic mass is 79.9. The van der Waals surface area contributed by atoms with Gasteiger partial charge in [-0.1, -0.05) is 15.9 Å². The number of anilines is 1. The molecule has 3 nitrogen and oxygen atoms in total. The van der Waals surface area contributed by atoms with Gasteiger partial charge in [0.1, 0.15) is 0 Å². The summed E-state index contributed by atoms with van der Waals surface area (Å²) in [5.41, 5.74) is 2.39. The molecule has 1 aliphatic heterocycles. The van der Waals surface area contributed by atoms with E-state index in [1.165, 1.54) is 18.4 Å². The number of rotatable bonds is 2. The summed E-state index contributed by atoms with van der Waals surface area (Å²) in [4.78, 5) is 13.7. The van der Waals surface area contributed by atoms with Gasteiger partial charge in [-0.3, -0.25) is 4.79 Å². The molecule has 1 atom stereocenters. The smallest absolute Gasteiger partial charge is 0.310 e. The number of ether oxygens (including phenoxy) is 1. The average Bonchev–Trinajstić information content (AvgIpc) is 2.81. The van der Waals surface area contributed by atoms with E-state index in [0.717, 1.165) is 24.0 Å². The molecule has 1 aromatic carbocycles. The SMILES string of the molecule is COC(=O)C1CCN(c2ccc(Br)c(C)c2)C1. The Morgan fingerprint density at radius 3 is 2.94 bits per heavy atom. The third-order valence-electron chi connectivity index (χ3n) is 3.23. The molecule has 1 fully saturated rings. The molecule has 1 saturated heterocycles. The van der Waals surface area contributed by atoms with Crippen LogP contribution in [0.3, 0.4) is 0 Å². The zero-order chi connectivity index (χ0) is 12.4. The van der Waals surface area contributed by atoms with E-state index in [-0.39, 0.29) is 11.9 Å². The van der Waals surface area contributed by atoms with Gasteiger partial charge in [0.25, 0.3) is 0 Å². The van der Waals surface area contributed by atoms with E-state index in [0.29, 0.717) is 0 Å². The Bertz CT molecular complexity index is 433. The lowest BCUT2D eigenvalue weighted by Gasteiger charge is -2.19. The van der Waals surface area contributed by atoms with Crippen LogP contribution >= 0.6 is 15.9 Å². The Morgan fingerprint density at radius 2 is 2.29 bits per heavy atom. The molecule has 0 N–H and O–H groups in total. The molecule has 2 rings (SSSR count). The van der Waals surface area contributed by atoms with Crippen molar-refractivity contribution in [3.8, 4) is 0 Å². The molecule has 0 aromatic heterocycles. The number of hydrogen-bond acceptors (Lipinski definition) is 3. The number of nitrogens with zero attached hydrogens (tertiary/aromatic N) is 1. The van der Waals surface area contributed by atoms with Crippen LogP contribution in [0.25, 0.3) is 0 Å². The molecular weight excluding hydrogens is 282 g/mol. The first kappa shape index (κ1) is 12.4. The highest BCUT2D eigenvalue weighted by molar-refractivity contribution is 9.10. The molecule has 1 heterocycles. The van der Waals surface area contributed by atoms with Crippen molar-refractivity contribution in [1.29, 1.82) is 0 Å². The predicted octanol–water partition coefficient (Wildman–Crippen LogP) is 2.76. The van der Waals surface area contributed by atoms with Gasteiger partial charge < -0.3 is 9.64 Å². The van der Waals surface area contributed by atoms with E-state index in [4.69, 9.17) is 4.74 Å². The molecule has 0 radical (unpaired) electrons. The molecule has 92 valence electrons. The van der Waals surface area contributed by atoms with Crippen molar-refractivity contribution in [3.05, 3.63) is 28.2 Å². The highest BCUT2D eigenvalue weighted by Crippen LogP contribution is 2.27. The fraction of sp³-hybridized carbons (Fsp3) is 0.462. The summed E-state index contributed by atoms with van der Waals surface area (Å²) in [6.07, 6.45) is 0.877. The molecule has 0 aliphatic carbocycles. The summed E-state index contributed by atoms with van der Waals surface area (Å²) in [5, 5.41) is 0. The second kappa shape index (κ2) is 5.08. The first-order valence-electron chi connectivity index (χ1n) is 5.70. The van der Waals surface area contributed by atoms with E-state index in [1.807, 2.05) is 0 Å². The minimum absolute atomic E-state index is 0.0175. The topological polar surface area (TPSA) is 29.5 Å². The van der Waals surface area contributed by atoms with Gasteiger partial charge in [0, 0.05) is 23.2 Å². The molecule has 0 spiro atoms. The first-order chi connectivity index (χ1) is 8.11. The number of carbonyl (C=O) groups is 1. The summed E-state index contributed by atoms with van der Waals surface area (Å²) in [5.74, 6) is -0.0784. The Morgan fingerprint density at radius 1 is 1.53 bits per heavy atom. The second-order valence-corrected chi connectivity index (χ2v) is 5.24. The standard InChI is InChI=1S/C13H16BrNO2/c1-9-7-11(3-4-12(9)14)15-6-5-10(8-15)13(16)17-2/h3-4,7,10H,5-6,8H2,1-2H3. The van der Waals surface area contributed by atoms with Gasteiger partial charge in [0.15, 0.2) is 0 Å². The summed E-state index contributed by atoms with van der Waals surface area (Å²) < 4.78 is 5.90. The van der Waals surface area contributed by atoms with Gasteiger partial charge in [-0.15, -0.1) is 0 Å². The molecule has 0 bridgehead atoms. The Labute approximate surface area is 110 Å². The van der Waals surface area contributed by atoms with Crippen LogP contribution in [-0.4, -0.2) is 26.2 Å². The van der Waals surface area contributed by atoms with E-state index < -0.39 is 0 Å². The molecule has 1 unspecified atom stereocenters. The number of halogens is 1. The molecular formula is C13H16BrNO2.